The quantitative estimate of drug-likeness (QED) is 0.847. The Hall–Kier alpha value is 0.450. The van der Waals surface area contributed by atoms with Crippen molar-refractivity contribution in [3.63, 3.8) is 0 Å². The topological polar surface area (TPSA) is 32.3 Å². The zero-order valence-corrected chi connectivity index (χ0v) is 12.1. The highest BCUT2D eigenvalue weighted by Crippen LogP contribution is 2.22. The fourth-order valence-corrected chi connectivity index (χ4v) is 3.37. The maximum Gasteiger partial charge on any atom is 0.0564 e. The van der Waals surface area contributed by atoms with E-state index in [0.717, 1.165) is 11.0 Å². The van der Waals surface area contributed by atoms with Crippen LogP contribution in [0.3, 0.4) is 0 Å². The molecule has 0 unspecified atom stereocenters. The molecule has 15 heavy (non-hydrogen) atoms. The van der Waals surface area contributed by atoms with Crippen LogP contribution in [0, 0.1) is 0 Å². The van der Waals surface area contributed by atoms with E-state index in [-0.39, 0.29) is 11.9 Å². The molecule has 0 amide bonds. The number of thiophene rings is 1. The summed E-state index contributed by atoms with van der Waals surface area (Å²) in [7, 11) is 0. The zero-order chi connectivity index (χ0) is 11.3. The van der Waals surface area contributed by atoms with Crippen LogP contribution in [-0.4, -0.2) is 29.3 Å². The van der Waals surface area contributed by atoms with Crippen LogP contribution in [0.1, 0.15) is 11.8 Å². The number of aliphatic hydroxyl groups excluding tert-OH is 1. The van der Waals surface area contributed by atoms with Gasteiger partial charge < -0.3 is 10.4 Å². The molecule has 0 aliphatic rings. The van der Waals surface area contributed by atoms with Crippen molar-refractivity contribution in [3.8, 4) is 0 Å². The van der Waals surface area contributed by atoms with Crippen molar-refractivity contribution < 1.29 is 5.11 Å². The van der Waals surface area contributed by atoms with E-state index < -0.39 is 0 Å². The van der Waals surface area contributed by atoms with Crippen LogP contribution in [-0.2, 0) is 6.54 Å². The highest BCUT2D eigenvalue weighted by Gasteiger charge is 2.14. The number of hydrogen-bond acceptors (Lipinski definition) is 4. The second-order valence-electron chi connectivity index (χ2n) is 3.32. The Bertz CT molecular complexity index is 289. The van der Waals surface area contributed by atoms with E-state index in [9.17, 15) is 0 Å². The molecule has 1 rings (SSSR count). The second kappa shape index (κ2) is 6.91. The van der Waals surface area contributed by atoms with Crippen LogP contribution in [0.2, 0.25) is 0 Å². The monoisotopic (exact) mass is 309 g/mol. The lowest BCUT2D eigenvalue weighted by molar-refractivity contribution is 0.276. The molecular weight excluding hydrogens is 294 g/mol. The minimum Gasteiger partial charge on any atom is -0.395 e. The van der Waals surface area contributed by atoms with Crippen LogP contribution in [0.4, 0.5) is 0 Å². The van der Waals surface area contributed by atoms with Crippen molar-refractivity contribution in [1.29, 1.82) is 0 Å². The second-order valence-corrected chi connectivity index (χ2v) is 6.25. The Labute approximate surface area is 108 Å². The number of halogens is 1. The molecule has 5 heteroatoms. The molecule has 0 bridgehead atoms. The maximum absolute atomic E-state index is 9.14. The first kappa shape index (κ1) is 13.5. The van der Waals surface area contributed by atoms with E-state index in [1.807, 2.05) is 6.26 Å². The van der Waals surface area contributed by atoms with Gasteiger partial charge in [-0.25, -0.2) is 0 Å². The van der Waals surface area contributed by atoms with Gasteiger partial charge >= 0.3 is 0 Å². The molecule has 86 valence electrons. The predicted octanol–water partition coefficient (Wildman–Crippen LogP) is 2.71. The van der Waals surface area contributed by atoms with E-state index >= 15 is 0 Å². The number of aliphatic hydroxyl groups is 1. The molecule has 0 saturated heterocycles. The highest BCUT2D eigenvalue weighted by molar-refractivity contribution is 9.10. The third-order valence-electron chi connectivity index (χ3n) is 2.32. The Morgan fingerprint density at radius 1 is 1.67 bits per heavy atom. The van der Waals surface area contributed by atoms with Crippen molar-refractivity contribution in [3.05, 3.63) is 20.8 Å². The lowest BCUT2D eigenvalue weighted by Gasteiger charge is -2.21. The largest absolute Gasteiger partial charge is 0.395 e. The van der Waals surface area contributed by atoms with Crippen LogP contribution >= 0.6 is 39.0 Å². The third kappa shape index (κ3) is 4.07. The summed E-state index contributed by atoms with van der Waals surface area (Å²) in [6.07, 6.45) is 2.03. The van der Waals surface area contributed by atoms with Gasteiger partial charge in [0.05, 0.1) is 6.61 Å². The molecule has 0 aliphatic heterocycles. The molecule has 0 aliphatic carbocycles. The molecule has 1 aromatic rings. The summed E-state index contributed by atoms with van der Waals surface area (Å²) in [6.45, 7) is 3.19. The van der Waals surface area contributed by atoms with Gasteiger partial charge in [-0.1, -0.05) is 0 Å². The van der Waals surface area contributed by atoms with Crippen molar-refractivity contribution in [2.75, 3.05) is 12.9 Å². The summed E-state index contributed by atoms with van der Waals surface area (Å²) in [5.41, 5.74) is 0. The Kier molecular flexibility index (Phi) is 6.23. The Morgan fingerprint density at radius 2 is 2.40 bits per heavy atom. The van der Waals surface area contributed by atoms with Gasteiger partial charge in [-0.3, -0.25) is 0 Å². The summed E-state index contributed by atoms with van der Waals surface area (Å²) in [4.78, 5) is 1.31. The van der Waals surface area contributed by atoms with Crippen molar-refractivity contribution in [2.45, 2.75) is 24.8 Å². The first-order valence-corrected chi connectivity index (χ1v) is 7.74. The number of nitrogens with one attached hydrogen (secondary N) is 1. The van der Waals surface area contributed by atoms with E-state index in [1.54, 1.807) is 23.1 Å². The summed E-state index contributed by atoms with van der Waals surface area (Å²) in [5.74, 6) is 0. The van der Waals surface area contributed by atoms with E-state index in [4.69, 9.17) is 5.11 Å². The van der Waals surface area contributed by atoms with Crippen LogP contribution in [0.25, 0.3) is 0 Å². The molecule has 0 radical (unpaired) electrons. The van der Waals surface area contributed by atoms with Crippen molar-refractivity contribution >= 4 is 39.0 Å². The highest BCUT2D eigenvalue weighted by atomic mass is 79.9. The molecule has 2 atom stereocenters. The Morgan fingerprint density at radius 3 is 2.87 bits per heavy atom. The minimum atomic E-state index is 0.223. The van der Waals surface area contributed by atoms with Crippen molar-refractivity contribution in [2.24, 2.45) is 0 Å². The molecule has 2 N–H and O–H groups in total. The molecule has 1 heterocycles. The summed E-state index contributed by atoms with van der Waals surface area (Å²) in [5, 5.41) is 14.9. The average Bonchev–Trinajstić information content (AvgIpc) is 2.63. The van der Waals surface area contributed by atoms with Crippen molar-refractivity contribution in [1.82, 2.24) is 5.32 Å². The molecule has 1 aromatic heterocycles. The molecule has 2 nitrogen and oxygen atoms in total. The molecular formula is C10H16BrNOS2. The third-order valence-corrected chi connectivity index (χ3v) is 5.41. The van der Waals surface area contributed by atoms with Crippen LogP contribution < -0.4 is 5.32 Å². The fraction of sp³-hybridized carbons (Fsp3) is 0.600. The summed E-state index contributed by atoms with van der Waals surface area (Å²) < 4.78 is 1.16. The lowest BCUT2D eigenvalue weighted by atomic mass is 10.2. The van der Waals surface area contributed by atoms with Gasteiger partial charge in [0.25, 0.3) is 0 Å². The zero-order valence-electron chi connectivity index (χ0n) is 8.87. The molecule has 0 aromatic carbocycles. The number of thioether (sulfide) groups is 1. The van der Waals surface area contributed by atoms with Gasteiger partial charge in [0.1, 0.15) is 0 Å². The average molecular weight is 310 g/mol. The normalized spacial score (nSPS) is 15.2. The predicted molar refractivity (Wildman–Crippen MR) is 72.7 cm³/mol. The lowest BCUT2D eigenvalue weighted by Crippen LogP contribution is -2.36. The van der Waals surface area contributed by atoms with Gasteiger partial charge in [-0.2, -0.15) is 11.8 Å². The minimum absolute atomic E-state index is 0.223. The van der Waals surface area contributed by atoms with Gasteiger partial charge in [0.2, 0.25) is 0 Å². The standard InChI is InChI=1S/C10H16BrNOS2/c1-7(10(6-13)14-2)12-5-9-8(11)3-4-15-9/h3-4,7,10,12-13H,5-6H2,1-2H3/t7-,10+/m1/s1. The van der Waals surface area contributed by atoms with Gasteiger partial charge in [-0.05, 0) is 40.6 Å². The summed E-state index contributed by atoms with van der Waals surface area (Å²) >= 11 is 6.94. The summed E-state index contributed by atoms with van der Waals surface area (Å²) in [6, 6.07) is 2.38. The Balaban J connectivity index is 2.40. The number of rotatable bonds is 6. The van der Waals surface area contributed by atoms with Gasteiger partial charge in [-0.15, -0.1) is 11.3 Å². The number of hydrogen-bond donors (Lipinski definition) is 2. The molecule has 0 spiro atoms. The SMILES string of the molecule is CS[C@@H](CO)[C@@H](C)NCc1sccc1Br. The molecule has 0 fully saturated rings. The van der Waals surface area contributed by atoms with E-state index in [2.05, 4.69) is 39.6 Å². The van der Waals surface area contributed by atoms with Gasteiger partial charge in [0, 0.05) is 27.2 Å². The smallest absolute Gasteiger partial charge is 0.0564 e. The molecule has 0 saturated carbocycles. The first-order valence-electron chi connectivity index (χ1n) is 4.78. The fourth-order valence-electron chi connectivity index (χ4n) is 1.27. The van der Waals surface area contributed by atoms with Crippen LogP contribution in [0.5, 0.6) is 0 Å². The van der Waals surface area contributed by atoms with E-state index in [1.165, 1.54) is 4.88 Å². The van der Waals surface area contributed by atoms with Gasteiger partial charge in [0.15, 0.2) is 0 Å². The van der Waals surface area contributed by atoms with E-state index in [0.29, 0.717) is 6.04 Å². The maximum atomic E-state index is 9.14. The van der Waals surface area contributed by atoms with Crippen LogP contribution in [0.15, 0.2) is 15.9 Å². The first-order chi connectivity index (χ1) is 7.19.